The van der Waals surface area contributed by atoms with E-state index in [9.17, 15) is 17.2 Å². The second-order valence-corrected chi connectivity index (χ2v) is 5.06. The monoisotopic (exact) mass is 218 g/mol. The summed E-state index contributed by atoms with van der Waals surface area (Å²) in [5, 5.41) is -4.25. The van der Waals surface area contributed by atoms with Gasteiger partial charge < -0.3 is 4.74 Å². The van der Waals surface area contributed by atoms with Gasteiger partial charge >= 0.3 is 15.4 Å². The van der Waals surface area contributed by atoms with Crippen LogP contribution >= 0.6 is 0 Å². The Morgan fingerprint density at radius 3 is 1.92 bits per heavy atom. The second-order valence-electron chi connectivity index (χ2n) is 3.51. The van der Waals surface area contributed by atoms with Crippen molar-refractivity contribution in [2.24, 2.45) is 0 Å². The van der Waals surface area contributed by atoms with Crippen molar-refractivity contribution < 1.29 is 26.5 Å². The van der Waals surface area contributed by atoms with Gasteiger partial charge in [-0.2, -0.15) is 17.2 Å². The lowest BCUT2D eigenvalue weighted by atomic mass is 10.2. The SMILES string of the molecule is CC(C)(C)OCC(F)(F)S(=O)(=O)O. The van der Waals surface area contributed by atoms with Crippen LogP contribution in [0.25, 0.3) is 0 Å². The number of alkyl halides is 2. The third-order valence-electron chi connectivity index (χ3n) is 1.05. The fourth-order valence-electron chi connectivity index (χ4n) is 0.375. The molecule has 0 saturated heterocycles. The minimum Gasteiger partial charge on any atom is -0.368 e. The summed E-state index contributed by atoms with van der Waals surface area (Å²) in [6.45, 7) is 3.13. The van der Waals surface area contributed by atoms with Crippen LogP contribution in [0.15, 0.2) is 0 Å². The van der Waals surface area contributed by atoms with Gasteiger partial charge in [0, 0.05) is 0 Å². The highest BCUT2D eigenvalue weighted by Gasteiger charge is 2.45. The van der Waals surface area contributed by atoms with Crippen LogP contribution in [0.3, 0.4) is 0 Å². The van der Waals surface area contributed by atoms with Crippen LogP contribution in [0.4, 0.5) is 8.78 Å². The van der Waals surface area contributed by atoms with Crippen molar-refractivity contribution in [1.82, 2.24) is 0 Å². The summed E-state index contributed by atoms with van der Waals surface area (Å²) in [6.07, 6.45) is 0. The van der Waals surface area contributed by atoms with E-state index < -0.39 is 27.6 Å². The molecule has 0 amide bonds. The molecule has 7 heteroatoms. The molecule has 13 heavy (non-hydrogen) atoms. The van der Waals surface area contributed by atoms with E-state index in [-0.39, 0.29) is 0 Å². The molecule has 0 bridgehead atoms. The van der Waals surface area contributed by atoms with E-state index >= 15 is 0 Å². The first kappa shape index (κ1) is 12.7. The smallest absolute Gasteiger partial charge is 0.368 e. The fraction of sp³-hybridized carbons (Fsp3) is 1.00. The van der Waals surface area contributed by atoms with Crippen LogP contribution in [0.5, 0.6) is 0 Å². The van der Waals surface area contributed by atoms with Gasteiger partial charge in [-0.05, 0) is 20.8 Å². The minimum atomic E-state index is -5.38. The largest absolute Gasteiger partial charge is 0.392 e. The van der Waals surface area contributed by atoms with E-state index in [0.717, 1.165) is 0 Å². The van der Waals surface area contributed by atoms with Gasteiger partial charge in [-0.15, -0.1) is 0 Å². The maximum atomic E-state index is 12.5. The highest BCUT2D eigenvalue weighted by molar-refractivity contribution is 7.86. The Morgan fingerprint density at radius 1 is 1.31 bits per heavy atom. The average molecular weight is 218 g/mol. The first-order valence-corrected chi connectivity index (χ1v) is 4.88. The Hall–Kier alpha value is -0.270. The zero-order valence-corrected chi connectivity index (χ0v) is 8.36. The molecule has 0 aromatic carbocycles. The summed E-state index contributed by atoms with van der Waals surface area (Å²) < 4.78 is 57.8. The maximum absolute atomic E-state index is 12.5. The molecule has 0 aliphatic heterocycles. The first-order chi connectivity index (χ1) is 5.46. The lowest BCUT2D eigenvalue weighted by Crippen LogP contribution is -2.37. The van der Waals surface area contributed by atoms with Crippen molar-refractivity contribution in [2.75, 3.05) is 6.61 Å². The molecule has 0 aliphatic carbocycles. The predicted octanol–water partition coefficient (Wildman–Crippen LogP) is 1.28. The molecule has 0 aromatic heterocycles. The molecule has 4 nitrogen and oxygen atoms in total. The molecular weight excluding hydrogens is 206 g/mol. The lowest BCUT2D eigenvalue weighted by molar-refractivity contribution is -0.0821. The quantitative estimate of drug-likeness (QED) is 0.725. The lowest BCUT2D eigenvalue weighted by Gasteiger charge is -2.22. The number of ether oxygens (including phenoxy) is 1. The Labute approximate surface area is 75.6 Å². The number of halogens is 2. The van der Waals surface area contributed by atoms with Gasteiger partial charge in [0.25, 0.3) is 0 Å². The fourth-order valence-corrected chi connectivity index (χ4v) is 0.583. The van der Waals surface area contributed by atoms with Gasteiger partial charge in [-0.25, -0.2) is 0 Å². The van der Waals surface area contributed by atoms with Crippen molar-refractivity contribution in [3.05, 3.63) is 0 Å². The molecule has 0 saturated carbocycles. The Kier molecular flexibility index (Phi) is 3.40. The average Bonchev–Trinajstić information content (AvgIpc) is 1.79. The van der Waals surface area contributed by atoms with Crippen LogP contribution in [-0.4, -0.2) is 30.4 Å². The van der Waals surface area contributed by atoms with Gasteiger partial charge in [-0.3, -0.25) is 4.55 Å². The number of hydrogen-bond acceptors (Lipinski definition) is 3. The topological polar surface area (TPSA) is 63.6 Å². The molecule has 0 atom stereocenters. The van der Waals surface area contributed by atoms with Gasteiger partial charge in [0.05, 0.1) is 5.60 Å². The van der Waals surface area contributed by atoms with Crippen molar-refractivity contribution in [3.8, 4) is 0 Å². The zero-order valence-electron chi connectivity index (χ0n) is 7.54. The van der Waals surface area contributed by atoms with E-state index in [0.29, 0.717) is 0 Å². The summed E-state index contributed by atoms with van der Waals surface area (Å²) in [5.41, 5.74) is -0.881. The molecule has 1 N–H and O–H groups in total. The van der Waals surface area contributed by atoms with Crippen molar-refractivity contribution in [2.45, 2.75) is 31.6 Å². The van der Waals surface area contributed by atoms with Crippen LogP contribution < -0.4 is 0 Å². The molecule has 0 spiro atoms. The summed E-state index contributed by atoms with van der Waals surface area (Å²) >= 11 is 0. The van der Waals surface area contributed by atoms with Crippen LogP contribution in [-0.2, 0) is 14.9 Å². The summed E-state index contributed by atoms with van der Waals surface area (Å²) in [7, 11) is -5.38. The molecule has 0 rings (SSSR count). The van der Waals surface area contributed by atoms with Crippen LogP contribution in [0.2, 0.25) is 0 Å². The van der Waals surface area contributed by atoms with E-state index in [1.165, 1.54) is 20.8 Å². The Bertz CT molecular complexity index is 265. The molecular formula is C6H12F2O4S. The van der Waals surface area contributed by atoms with Crippen LogP contribution in [0.1, 0.15) is 20.8 Å². The van der Waals surface area contributed by atoms with E-state index in [4.69, 9.17) is 4.55 Å². The van der Waals surface area contributed by atoms with Crippen molar-refractivity contribution in [3.63, 3.8) is 0 Å². The number of hydrogen-bond donors (Lipinski definition) is 1. The molecule has 0 aliphatic rings. The standard InChI is InChI=1S/C6H12F2O4S/c1-5(2,3)12-4-6(7,8)13(9,10)11/h4H2,1-3H3,(H,9,10,11). The second kappa shape index (κ2) is 3.47. The molecule has 0 fully saturated rings. The van der Waals surface area contributed by atoms with E-state index in [1.54, 1.807) is 0 Å². The summed E-state index contributed by atoms with van der Waals surface area (Å²) in [4.78, 5) is 0. The van der Waals surface area contributed by atoms with Crippen molar-refractivity contribution >= 4 is 10.1 Å². The molecule has 0 aromatic rings. The third kappa shape index (κ3) is 4.49. The molecule has 80 valence electrons. The van der Waals surface area contributed by atoms with Crippen LogP contribution in [0, 0.1) is 0 Å². The third-order valence-corrected chi connectivity index (χ3v) is 1.92. The molecule has 0 radical (unpaired) electrons. The highest BCUT2D eigenvalue weighted by atomic mass is 32.2. The minimum absolute atomic E-state index is 0.881. The van der Waals surface area contributed by atoms with Gasteiger partial charge in [0.15, 0.2) is 0 Å². The number of rotatable bonds is 3. The van der Waals surface area contributed by atoms with E-state index in [2.05, 4.69) is 4.74 Å². The van der Waals surface area contributed by atoms with Gasteiger partial charge in [0.2, 0.25) is 0 Å². The molecule has 0 heterocycles. The Morgan fingerprint density at radius 2 is 1.69 bits per heavy atom. The zero-order chi connectivity index (χ0) is 10.9. The Balaban J connectivity index is 4.38. The maximum Gasteiger partial charge on any atom is 0.392 e. The van der Waals surface area contributed by atoms with Gasteiger partial charge in [-0.1, -0.05) is 0 Å². The normalized spacial score (nSPS) is 14.6. The summed E-state index contributed by atoms with van der Waals surface area (Å²) in [5.74, 6) is 0. The van der Waals surface area contributed by atoms with Crippen molar-refractivity contribution in [1.29, 1.82) is 0 Å². The van der Waals surface area contributed by atoms with E-state index in [1.807, 2.05) is 0 Å². The van der Waals surface area contributed by atoms with Gasteiger partial charge in [0.1, 0.15) is 6.61 Å². The predicted molar refractivity (Wildman–Crippen MR) is 42.2 cm³/mol. The highest BCUT2D eigenvalue weighted by Crippen LogP contribution is 2.23. The first-order valence-electron chi connectivity index (χ1n) is 3.44. The summed E-state index contributed by atoms with van der Waals surface area (Å²) in [6, 6.07) is 0. The molecule has 0 unspecified atom stereocenters.